The molecule has 0 aliphatic heterocycles. The summed E-state index contributed by atoms with van der Waals surface area (Å²) in [7, 11) is 0. The average molecular weight is 251 g/mol. The van der Waals surface area contributed by atoms with Crippen molar-refractivity contribution in [2.45, 2.75) is 19.9 Å². The van der Waals surface area contributed by atoms with Gasteiger partial charge in [0.05, 0.1) is 0 Å². The maximum Gasteiger partial charge on any atom is 0.318 e. The molecule has 0 heterocycles. The molecule has 0 bridgehead atoms. The van der Waals surface area contributed by atoms with Crippen molar-refractivity contribution in [1.29, 1.82) is 0 Å². The first-order valence-corrected chi connectivity index (χ1v) is 5.48. The zero-order chi connectivity index (χ0) is 13.7. The molecule has 6 heteroatoms. The van der Waals surface area contributed by atoms with E-state index in [0.717, 1.165) is 11.1 Å². The third-order valence-electron chi connectivity index (χ3n) is 2.28. The number of carbonyl (C=O) groups is 2. The average Bonchev–Trinajstić information content (AvgIpc) is 2.26. The van der Waals surface area contributed by atoms with Gasteiger partial charge in [0, 0.05) is 11.6 Å². The van der Waals surface area contributed by atoms with E-state index in [1.54, 1.807) is 6.07 Å². The van der Waals surface area contributed by atoms with Crippen LogP contribution in [0, 0.1) is 6.92 Å². The van der Waals surface area contributed by atoms with Gasteiger partial charge in [-0.1, -0.05) is 17.7 Å². The molecule has 98 valence electrons. The SMILES string of the molecule is Cc1ccc(OCC(=O)NC(N)=O)c([C@@H](C)N)c1. The number of hydrogen-bond acceptors (Lipinski definition) is 4. The van der Waals surface area contributed by atoms with Gasteiger partial charge in [0.25, 0.3) is 5.91 Å². The number of rotatable bonds is 4. The Kier molecular flexibility index (Phi) is 4.67. The van der Waals surface area contributed by atoms with Gasteiger partial charge in [-0.15, -0.1) is 0 Å². The summed E-state index contributed by atoms with van der Waals surface area (Å²) in [6.07, 6.45) is 0. The van der Waals surface area contributed by atoms with E-state index in [1.165, 1.54) is 0 Å². The lowest BCUT2D eigenvalue weighted by Crippen LogP contribution is -2.38. The number of hydrogen-bond donors (Lipinski definition) is 3. The molecular weight excluding hydrogens is 234 g/mol. The van der Waals surface area contributed by atoms with Gasteiger partial charge in [-0.25, -0.2) is 4.79 Å². The van der Waals surface area contributed by atoms with E-state index in [0.29, 0.717) is 5.75 Å². The predicted molar refractivity (Wildman–Crippen MR) is 67.0 cm³/mol. The van der Waals surface area contributed by atoms with Crippen molar-refractivity contribution in [2.75, 3.05) is 6.61 Å². The zero-order valence-corrected chi connectivity index (χ0v) is 10.4. The molecular formula is C12H17N3O3. The Morgan fingerprint density at radius 1 is 1.44 bits per heavy atom. The minimum absolute atomic E-state index is 0.209. The van der Waals surface area contributed by atoms with Crippen LogP contribution in [-0.2, 0) is 4.79 Å². The van der Waals surface area contributed by atoms with Gasteiger partial charge in [-0.2, -0.15) is 0 Å². The van der Waals surface area contributed by atoms with E-state index in [9.17, 15) is 9.59 Å². The third kappa shape index (κ3) is 4.06. The van der Waals surface area contributed by atoms with Crippen LogP contribution in [0.5, 0.6) is 5.75 Å². The largest absolute Gasteiger partial charge is 0.483 e. The number of amides is 3. The van der Waals surface area contributed by atoms with E-state index < -0.39 is 11.9 Å². The summed E-state index contributed by atoms with van der Waals surface area (Å²) in [6.45, 7) is 3.48. The molecule has 1 rings (SSSR count). The molecule has 1 atom stereocenters. The number of imide groups is 1. The number of primary amides is 1. The maximum absolute atomic E-state index is 11.2. The van der Waals surface area contributed by atoms with Gasteiger partial charge in [-0.3, -0.25) is 10.1 Å². The molecule has 0 saturated heterocycles. The number of nitrogens with two attached hydrogens (primary N) is 2. The lowest BCUT2D eigenvalue weighted by Gasteiger charge is -2.14. The first-order valence-electron chi connectivity index (χ1n) is 5.48. The fraction of sp³-hybridized carbons (Fsp3) is 0.333. The van der Waals surface area contributed by atoms with Gasteiger partial charge in [0.15, 0.2) is 6.61 Å². The number of ether oxygens (including phenoxy) is 1. The van der Waals surface area contributed by atoms with E-state index in [4.69, 9.17) is 16.2 Å². The highest BCUT2D eigenvalue weighted by atomic mass is 16.5. The van der Waals surface area contributed by atoms with Gasteiger partial charge in [-0.05, 0) is 19.9 Å². The lowest BCUT2D eigenvalue weighted by molar-refractivity contribution is -0.121. The number of nitrogens with one attached hydrogen (secondary N) is 1. The summed E-state index contributed by atoms with van der Waals surface area (Å²) in [4.78, 5) is 21.7. The summed E-state index contributed by atoms with van der Waals surface area (Å²) in [5, 5.41) is 1.92. The molecule has 1 aromatic carbocycles. The molecule has 0 spiro atoms. The standard InChI is InChI=1S/C12H17N3O3/c1-7-3-4-10(9(5-7)8(2)13)18-6-11(16)15-12(14)17/h3-5,8H,6,13H2,1-2H3,(H3,14,15,16,17)/t8-/m1/s1. The number of aryl methyl sites for hydroxylation is 1. The second-order valence-corrected chi connectivity index (χ2v) is 4.03. The Bertz CT molecular complexity index is 458. The summed E-state index contributed by atoms with van der Waals surface area (Å²) < 4.78 is 5.32. The van der Waals surface area contributed by atoms with Crippen LogP contribution in [-0.4, -0.2) is 18.5 Å². The topological polar surface area (TPSA) is 107 Å². The van der Waals surface area contributed by atoms with Crippen molar-refractivity contribution >= 4 is 11.9 Å². The van der Waals surface area contributed by atoms with Crippen LogP contribution >= 0.6 is 0 Å². The fourth-order valence-electron chi connectivity index (χ4n) is 1.47. The summed E-state index contributed by atoms with van der Waals surface area (Å²) in [5.74, 6) is -0.0751. The summed E-state index contributed by atoms with van der Waals surface area (Å²) >= 11 is 0. The maximum atomic E-state index is 11.2. The van der Waals surface area contributed by atoms with Gasteiger partial charge in [0.1, 0.15) is 5.75 Å². The highest BCUT2D eigenvalue weighted by molar-refractivity contribution is 5.94. The van der Waals surface area contributed by atoms with Crippen LogP contribution in [0.25, 0.3) is 0 Å². The van der Waals surface area contributed by atoms with Gasteiger partial charge < -0.3 is 16.2 Å². The zero-order valence-electron chi connectivity index (χ0n) is 10.4. The van der Waals surface area contributed by atoms with Crippen molar-refractivity contribution in [2.24, 2.45) is 11.5 Å². The highest BCUT2D eigenvalue weighted by Crippen LogP contribution is 2.24. The van der Waals surface area contributed by atoms with E-state index in [2.05, 4.69) is 0 Å². The molecule has 0 radical (unpaired) electrons. The molecule has 3 amide bonds. The molecule has 5 N–H and O–H groups in total. The third-order valence-corrected chi connectivity index (χ3v) is 2.28. The van der Waals surface area contributed by atoms with Crippen molar-refractivity contribution in [3.05, 3.63) is 29.3 Å². The fourth-order valence-corrected chi connectivity index (χ4v) is 1.47. The number of urea groups is 1. The first kappa shape index (κ1) is 14.0. The second-order valence-electron chi connectivity index (χ2n) is 4.03. The molecule has 0 unspecified atom stereocenters. The Balaban J connectivity index is 2.72. The van der Waals surface area contributed by atoms with Gasteiger partial charge in [0.2, 0.25) is 0 Å². The van der Waals surface area contributed by atoms with E-state index >= 15 is 0 Å². The lowest BCUT2D eigenvalue weighted by atomic mass is 10.1. The molecule has 1 aromatic rings. The van der Waals surface area contributed by atoms with Crippen LogP contribution in [0.15, 0.2) is 18.2 Å². The Morgan fingerprint density at radius 3 is 2.67 bits per heavy atom. The van der Waals surface area contributed by atoms with E-state index in [1.807, 2.05) is 31.3 Å². The minimum atomic E-state index is -0.903. The predicted octanol–water partition coefficient (Wildman–Crippen LogP) is 0.588. The Morgan fingerprint density at radius 2 is 2.11 bits per heavy atom. The normalized spacial score (nSPS) is 11.7. The van der Waals surface area contributed by atoms with Crippen LogP contribution < -0.4 is 21.5 Å². The number of carbonyl (C=O) groups excluding carboxylic acids is 2. The van der Waals surface area contributed by atoms with Crippen molar-refractivity contribution in [3.63, 3.8) is 0 Å². The van der Waals surface area contributed by atoms with Crippen molar-refractivity contribution < 1.29 is 14.3 Å². The Hall–Kier alpha value is -2.08. The molecule has 0 aliphatic rings. The number of benzene rings is 1. The molecule has 6 nitrogen and oxygen atoms in total. The molecule has 0 fully saturated rings. The smallest absolute Gasteiger partial charge is 0.318 e. The minimum Gasteiger partial charge on any atom is -0.483 e. The summed E-state index contributed by atoms with van der Waals surface area (Å²) in [6, 6.07) is 4.38. The molecule has 0 aromatic heterocycles. The first-order chi connectivity index (χ1) is 8.40. The molecule has 0 aliphatic carbocycles. The molecule has 18 heavy (non-hydrogen) atoms. The molecule has 0 saturated carbocycles. The van der Waals surface area contributed by atoms with Gasteiger partial charge >= 0.3 is 6.03 Å². The van der Waals surface area contributed by atoms with Crippen LogP contribution in [0.4, 0.5) is 4.79 Å². The van der Waals surface area contributed by atoms with Crippen LogP contribution in [0.3, 0.4) is 0 Å². The monoisotopic (exact) mass is 251 g/mol. The summed E-state index contributed by atoms with van der Waals surface area (Å²) in [5.41, 5.74) is 12.5. The van der Waals surface area contributed by atoms with Crippen molar-refractivity contribution in [1.82, 2.24) is 5.32 Å². The second kappa shape index (κ2) is 6.02. The van der Waals surface area contributed by atoms with Crippen molar-refractivity contribution in [3.8, 4) is 5.75 Å². The highest BCUT2D eigenvalue weighted by Gasteiger charge is 2.11. The van der Waals surface area contributed by atoms with Crippen LogP contribution in [0.1, 0.15) is 24.1 Å². The van der Waals surface area contributed by atoms with E-state index in [-0.39, 0.29) is 12.6 Å². The van der Waals surface area contributed by atoms with Crippen LogP contribution in [0.2, 0.25) is 0 Å². The quantitative estimate of drug-likeness (QED) is 0.727. The Labute approximate surface area is 105 Å².